The molecule has 0 amide bonds. The molecule has 90 valence electrons. The van der Waals surface area contributed by atoms with Gasteiger partial charge >= 0.3 is 0 Å². The summed E-state index contributed by atoms with van der Waals surface area (Å²) in [5, 5.41) is 21.7. The Kier molecular flexibility index (Phi) is 5.08. The molecule has 0 fully saturated rings. The van der Waals surface area contributed by atoms with E-state index in [0.717, 1.165) is 18.5 Å². The van der Waals surface area contributed by atoms with Crippen LogP contribution in [0.2, 0.25) is 0 Å². The average Bonchev–Trinajstić information content (AvgIpc) is 2.26. The highest BCUT2D eigenvalue weighted by Gasteiger charge is 2.02. The number of ether oxygens (including phenoxy) is 1. The van der Waals surface area contributed by atoms with Crippen LogP contribution in [0.4, 0.5) is 0 Å². The molecule has 0 aromatic heterocycles. The Bertz CT molecular complexity index is 326. The van der Waals surface area contributed by atoms with Crippen LogP contribution in [0.25, 0.3) is 0 Å². The van der Waals surface area contributed by atoms with Crippen LogP contribution in [-0.4, -0.2) is 30.0 Å². The van der Waals surface area contributed by atoms with E-state index in [9.17, 15) is 5.11 Å². The molecule has 1 unspecified atom stereocenters. The van der Waals surface area contributed by atoms with Gasteiger partial charge in [0.1, 0.15) is 0 Å². The zero-order valence-electron chi connectivity index (χ0n) is 9.73. The fourth-order valence-electron chi connectivity index (χ4n) is 1.38. The first-order valence-electron chi connectivity index (χ1n) is 5.38. The lowest BCUT2D eigenvalue weighted by Crippen LogP contribution is -2.18. The molecule has 0 bridgehead atoms. The molecule has 1 aromatic carbocycles. The zero-order valence-corrected chi connectivity index (χ0v) is 9.73. The maximum absolute atomic E-state index is 9.40. The van der Waals surface area contributed by atoms with E-state index in [1.165, 1.54) is 7.11 Å². The number of hydrogen-bond donors (Lipinski definition) is 3. The summed E-state index contributed by atoms with van der Waals surface area (Å²) in [6, 6.07) is 5.25. The van der Waals surface area contributed by atoms with E-state index in [0.29, 0.717) is 12.3 Å². The summed E-state index contributed by atoms with van der Waals surface area (Å²) in [4.78, 5) is 0. The summed E-state index contributed by atoms with van der Waals surface area (Å²) in [5.41, 5.74) is 1.04. The highest BCUT2D eigenvalue weighted by Crippen LogP contribution is 2.25. The lowest BCUT2D eigenvalue weighted by Gasteiger charge is -2.08. The van der Waals surface area contributed by atoms with Gasteiger partial charge in [0, 0.05) is 6.54 Å². The Morgan fingerprint density at radius 2 is 2.19 bits per heavy atom. The zero-order chi connectivity index (χ0) is 12.0. The van der Waals surface area contributed by atoms with Crippen LogP contribution in [0.5, 0.6) is 11.5 Å². The van der Waals surface area contributed by atoms with Gasteiger partial charge < -0.3 is 20.3 Å². The quantitative estimate of drug-likeness (QED) is 0.638. The Morgan fingerprint density at radius 3 is 2.81 bits per heavy atom. The van der Waals surface area contributed by atoms with Gasteiger partial charge in [-0.1, -0.05) is 6.07 Å². The first-order valence-corrected chi connectivity index (χ1v) is 5.38. The topological polar surface area (TPSA) is 61.7 Å². The third-order valence-electron chi connectivity index (χ3n) is 2.31. The summed E-state index contributed by atoms with van der Waals surface area (Å²) in [5.74, 6) is 0.630. The molecule has 0 saturated carbocycles. The number of aliphatic hydroxyl groups excluding tert-OH is 1. The predicted octanol–water partition coefficient (Wildman–Crippen LogP) is 1.26. The van der Waals surface area contributed by atoms with E-state index in [2.05, 4.69) is 5.32 Å². The Hall–Kier alpha value is -1.26. The van der Waals surface area contributed by atoms with Crippen LogP contribution in [0.1, 0.15) is 18.9 Å². The van der Waals surface area contributed by atoms with Crippen molar-refractivity contribution in [1.29, 1.82) is 0 Å². The number of aliphatic hydroxyl groups is 1. The Balaban J connectivity index is 2.42. The molecule has 0 saturated heterocycles. The first kappa shape index (κ1) is 12.8. The number of phenols is 1. The Labute approximate surface area is 95.9 Å². The molecule has 4 heteroatoms. The highest BCUT2D eigenvalue weighted by atomic mass is 16.5. The van der Waals surface area contributed by atoms with Gasteiger partial charge in [-0.3, -0.25) is 0 Å². The van der Waals surface area contributed by atoms with E-state index in [1.54, 1.807) is 19.1 Å². The predicted molar refractivity (Wildman–Crippen MR) is 62.7 cm³/mol. The van der Waals surface area contributed by atoms with Gasteiger partial charge in [-0.25, -0.2) is 0 Å². The van der Waals surface area contributed by atoms with Crippen molar-refractivity contribution >= 4 is 0 Å². The summed E-state index contributed by atoms with van der Waals surface area (Å²) >= 11 is 0. The molecule has 0 aliphatic heterocycles. The van der Waals surface area contributed by atoms with Gasteiger partial charge in [0.05, 0.1) is 13.2 Å². The van der Waals surface area contributed by atoms with Crippen LogP contribution in [-0.2, 0) is 6.54 Å². The van der Waals surface area contributed by atoms with E-state index in [1.807, 2.05) is 6.07 Å². The molecule has 16 heavy (non-hydrogen) atoms. The van der Waals surface area contributed by atoms with Crippen LogP contribution >= 0.6 is 0 Å². The van der Waals surface area contributed by atoms with Crippen LogP contribution in [0.15, 0.2) is 18.2 Å². The third-order valence-corrected chi connectivity index (χ3v) is 2.31. The molecule has 1 aromatic rings. The molecule has 1 atom stereocenters. The molecular formula is C12H19NO3. The molecule has 0 heterocycles. The van der Waals surface area contributed by atoms with Gasteiger partial charge in [-0.05, 0) is 37.6 Å². The second-order valence-corrected chi connectivity index (χ2v) is 3.82. The van der Waals surface area contributed by atoms with Crippen LogP contribution in [0, 0.1) is 0 Å². The van der Waals surface area contributed by atoms with Gasteiger partial charge in [0.15, 0.2) is 11.5 Å². The molecule has 0 radical (unpaired) electrons. The van der Waals surface area contributed by atoms with E-state index in [4.69, 9.17) is 9.84 Å². The molecule has 0 spiro atoms. The monoisotopic (exact) mass is 225 g/mol. The maximum atomic E-state index is 9.40. The number of benzene rings is 1. The van der Waals surface area contributed by atoms with Crippen LogP contribution in [0.3, 0.4) is 0 Å². The van der Waals surface area contributed by atoms with Crippen molar-refractivity contribution in [2.75, 3.05) is 13.7 Å². The summed E-state index contributed by atoms with van der Waals surface area (Å²) < 4.78 is 5.01. The number of methoxy groups -OCH3 is 1. The minimum absolute atomic E-state index is 0.148. The number of nitrogens with one attached hydrogen (secondary N) is 1. The molecular weight excluding hydrogens is 206 g/mol. The van der Waals surface area contributed by atoms with Crippen molar-refractivity contribution < 1.29 is 14.9 Å². The summed E-state index contributed by atoms with van der Waals surface area (Å²) in [7, 11) is 1.53. The maximum Gasteiger partial charge on any atom is 0.160 e. The number of rotatable bonds is 6. The van der Waals surface area contributed by atoms with Gasteiger partial charge in [0.2, 0.25) is 0 Å². The number of aromatic hydroxyl groups is 1. The second kappa shape index (κ2) is 6.35. The SMILES string of the molecule is COc1cc(CNCCC(C)O)ccc1O. The minimum atomic E-state index is -0.276. The summed E-state index contributed by atoms with van der Waals surface area (Å²) in [6.45, 7) is 3.23. The minimum Gasteiger partial charge on any atom is -0.504 e. The van der Waals surface area contributed by atoms with Crippen molar-refractivity contribution in [2.24, 2.45) is 0 Å². The molecule has 0 aliphatic carbocycles. The average molecular weight is 225 g/mol. The van der Waals surface area contributed by atoms with Gasteiger partial charge in [-0.2, -0.15) is 0 Å². The lowest BCUT2D eigenvalue weighted by atomic mass is 10.2. The van der Waals surface area contributed by atoms with Gasteiger partial charge in [0.25, 0.3) is 0 Å². The Morgan fingerprint density at radius 1 is 1.44 bits per heavy atom. The summed E-state index contributed by atoms with van der Waals surface area (Å²) in [6.07, 6.45) is 0.455. The van der Waals surface area contributed by atoms with Crippen molar-refractivity contribution in [1.82, 2.24) is 5.32 Å². The fraction of sp³-hybridized carbons (Fsp3) is 0.500. The standard InChI is InChI=1S/C12H19NO3/c1-9(14)5-6-13-8-10-3-4-11(15)12(7-10)16-2/h3-4,7,9,13-15H,5-6,8H2,1-2H3. The van der Waals surface area contributed by atoms with E-state index < -0.39 is 0 Å². The van der Waals surface area contributed by atoms with Crippen LogP contribution < -0.4 is 10.1 Å². The van der Waals surface area contributed by atoms with Crippen molar-refractivity contribution in [3.8, 4) is 11.5 Å². The first-order chi connectivity index (χ1) is 7.63. The molecule has 4 nitrogen and oxygen atoms in total. The normalized spacial score (nSPS) is 12.4. The largest absolute Gasteiger partial charge is 0.504 e. The molecule has 3 N–H and O–H groups in total. The van der Waals surface area contributed by atoms with E-state index in [-0.39, 0.29) is 11.9 Å². The second-order valence-electron chi connectivity index (χ2n) is 3.82. The van der Waals surface area contributed by atoms with Crippen molar-refractivity contribution in [3.63, 3.8) is 0 Å². The lowest BCUT2D eigenvalue weighted by molar-refractivity contribution is 0.183. The molecule has 1 rings (SSSR count). The highest BCUT2D eigenvalue weighted by molar-refractivity contribution is 5.41. The fourth-order valence-corrected chi connectivity index (χ4v) is 1.38. The van der Waals surface area contributed by atoms with Crippen molar-refractivity contribution in [2.45, 2.75) is 26.0 Å². The van der Waals surface area contributed by atoms with Gasteiger partial charge in [-0.15, -0.1) is 0 Å². The number of phenolic OH excluding ortho intramolecular Hbond substituents is 1. The molecule has 0 aliphatic rings. The van der Waals surface area contributed by atoms with E-state index >= 15 is 0 Å². The smallest absolute Gasteiger partial charge is 0.160 e. The number of hydrogen-bond acceptors (Lipinski definition) is 4. The van der Waals surface area contributed by atoms with Crippen molar-refractivity contribution in [3.05, 3.63) is 23.8 Å². The third kappa shape index (κ3) is 4.08.